The summed E-state index contributed by atoms with van der Waals surface area (Å²) < 4.78 is 0. The molecule has 11 nitrogen and oxygen atoms in total. The lowest BCUT2D eigenvalue weighted by atomic mass is 9.90. The van der Waals surface area contributed by atoms with E-state index in [1.807, 2.05) is 11.0 Å². The average Bonchev–Trinajstić information content (AvgIpc) is 3.40. The van der Waals surface area contributed by atoms with Crippen molar-refractivity contribution < 1.29 is 19.5 Å². The van der Waals surface area contributed by atoms with E-state index in [4.69, 9.17) is 0 Å². The van der Waals surface area contributed by atoms with Crippen molar-refractivity contribution in [3.05, 3.63) is 51.9 Å². The number of carboxylic acid groups (broad SMARTS) is 1. The molecule has 1 atom stereocenters. The number of thiazole rings is 1. The molecule has 1 fully saturated rings. The summed E-state index contributed by atoms with van der Waals surface area (Å²) in [6, 6.07) is 0. The van der Waals surface area contributed by atoms with Gasteiger partial charge in [0.2, 0.25) is 16.8 Å². The predicted molar refractivity (Wildman–Crippen MR) is 117 cm³/mol. The van der Waals surface area contributed by atoms with Crippen molar-refractivity contribution in [3.63, 3.8) is 0 Å². The molecule has 32 heavy (non-hydrogen) atoms. The summed E-state index contributed by atoms with van der Waals surface area (Å²) in [5, 5.41) is 25.9. The number of hydrogen-bond donors (Lipinski definition) is 3. The smallest absolute Gasteiger partial charge is 0.341 e. The van der Waals surface area contributed by atoms with Crippen LogP contribution in [-0.2, 0) is 14.4 Å². The van der Waals surface area contributed by atoms with Gasteiger partial charge in [0.1, 0.15) is 23.1 Å². The van der Waals surface area contributed by atoms with Gasteiger partial charge in [-0.3, -0.25) is 14.5 Å². The lowest BCUT2D eigenvalue weighted by Crippen LogP contribution is -2.58. The molecule has 0 aliphatic carbocycles. The average molecular weight is 472 g/mol. The summed E-state index contributed by atoms with van der Waals surface area (Å²) in [7, 11) is 0. The Balaban J connectivity index is 1.37. The van der Waals surface area contributed by atoms with Gasteiger partial charge in [0.15, 0.2) is 5.13 Å². The van der Waals surface area contributed by atoms with Crippen LogP contribution < -0.4 is 15.5 Å². The minimum Gasteiger partial charge on any atom is -0.477 e. The number of allylic oxidation sites excluding steroid dienone is 2. The molecule has 1 unspecified atom stereocenters. The Morgan fingerprint density at radius 3 is 2.78 bits per heavy atom. The Labute approximate surface area is 189 Å². The number of hydrogen-bond acceptors (Lipinski definition) is 11. The number of aromatic nitrogens is 3. The van der Waals surface area contributed by atoms with Gasteiger partial charge in [0.05, 0.1) is 5.92 Å². The van der Waals surface area contributed by atoms with Gasteiger partial charge in [0.25, 0.3) is 0 Å². The SMILES string of the molecule is CC1=C2C(=O)C(C(=O)O)=CN(c3nccs3)C2NC(N2CC(C(=O)Nc3nncs3)C2)=C1. The van der Waals surface area contributed by atoms with Crippen LogP contribution in [0.1, 0.15) is 6.92 Å². The molecule has 0 bridgehead atoms. The van der Waals surface area contributed by atoms with Gasteiger partial charge in [-0.15, -0.1) is 21.5 Å². The molecule has 13 heteroatoms. The Hall–Kier alpha value is -3.58. The molecule has 164 valence electrons. The largest absolute Gasteiger partial charge is 0.477 e. The molecule has 0 radical (unpaired) electrons. The highest BCUT2D eigenvalue weighted by atomic mass is 32.1. The molecule has 1 amide bonds. The van der Waals surface area contributed by atoms with Crippen LogP contribution >= 0.6 is 22.7 Å². The number of dihydropyridines is 1. The van der Waals surface area contributed by atoms with Crippen LogP contribution in [0, 0.1) is 5.92 Å². The maximum Gasteiger partial charge on any atom is 0.341 e. The van der Waals surface area contributed by atoms with Crippen molar-refractivity contribution in [2.24, 2.45) is 5.92 Å². The summed E-state index contributed by atoms with van der Waals surface area (Å²) >= 11 is 2.60. The summed E-state index contributed by atoms with van der Waals surface area (Å²) in [6.07, 6.45) is 4.17. The summed E-state index contributed by atoms with van der Waals surface area (Å²) in [4.78, 5) is 44.9. The maximum atomic E-state index is 12.9. The molecule has 5 rings (SSSR count). The van der Waals surface area contributed by atoms with Crippen LogP contribution in [-0.4, -0.2) is 62.1 Å². The van der Waals surface area contributed by atoms with E-state index in [0.29, 0.717) is 34.5 Å². The van der Waals surface area contributed by atoms with Crippen molar-refractivity contribution in [2.75, 3.05) is 23.3 Å². The molecule has 5 heterocycles. The van der Waals surface area contributed by atoms with Gasteiger partial charge >= 0.3 is 5.97 Å². The molecule has 0 spiro atoms. The fourth-order valence-corrected chi connectivity index (χ4v) is 4.89. The summed E-state index contributed by atoms with van der Waals surface area (Å²) in [5.74, 6) is -1.36. The van der Waals surface area contributed by atoms with Gasteiger partial charge in [0, 0.05) is 36.4 Å². The van der Waals surface area contributed by atoms with E-state index < -0.39 is 17.9 Å². The van der Waals surface area contributed by atoms with Crippen LogP contribution in [0.2, 0.25) is 0 Å². The molecular formula is C19H17N7O4S2. The molecule has 3 aliphatic heterocycles. The molecule has 1 saturated heterocycles. The predicted octanol–water partition coefficient (Wildman–Crippen LogP) is 1.01. The number of carbonyl (C=O) groups excluding carboxylic acids is 2. The second kappa shape index (κ2) is 7.84. The maximum absolute atomic E-state index is 12.9. The minimum atomic E-state index is -1.28. The number of ketones is 1. The number of nitrogens with one attached hydrogen (secondary N) is 2. The fourth-order valence-electron chi connectivity index (χ4n) is 3.80. The number of aliphatic carboxylic acids is 1. The number of anilines is 2. The van der Waals surface area contributed by atoms with Gasteiger partial charge in [-0.05, 0) is 18.6 Å². The Bertz CT molecular complexity index is 1180. The quantitative estimate of drug-likeness (QED) is 0.541. The first-order valence-electron chi connectivity index (χ1n) is 9.61. The molecule has 0 saturated carbocycles. The third kappa shape index (κ3) is 3.44. The Kier molecular flexibility index (Phi) is 4.98. The van der Waals surface area contributed by atoms with Crippen molar-refractivity contribution in [2.45, 2.75) is 13.1 Å². The summed E-state index contributed by atoms with van der Waals surface area (Å²) in [6.45, 7) is 2.78. The van der Waals surface area contributed by atoms with Crippen molar-refractivity contribution >= 4 is 50.6 Å². The number of rotatable bonds is 5. The molecule has 2 aromatic rings. The normalized spacial score (nSPS) is 20.8. The second-order valence-electron chi connectivity index (χ2n) is 7.41. The van der Waals surface area contributed by atoms with Crippen LogP contribution in [0.25, 0.3) is 0 Å². The monoisotopic (exact) mass is 471 g/mol. The number of Topliss-reactive ketones (excluding diaryl/α,β-unsaturated/α-hetero) is 1. The molecule has 3 N–H and O–H groups in total. The zero-order valence-electron chi connectivity index (χ0n) is 16.7. The van der Waals surface area contributed by atoms with E-state index >= 15 is 0 Å². The standard InChI is InChI=1S/C19H17N7O4S2/c1-9-4-12(25-5-10(6-25)16(28)23-18-24-21-8-32-18)22-15-13(9)14(27)11(17(29)30)7-26(15)19-20-2-3-31-19/h2-4,7-8,10,15,22H,5-6H2,1H3,(H,29,30)(H,23,24,28). The van der Waals surface area contributed by atoms with Crippen molar-refractivity contribution in [3.8, 4) is 0 Å². The van der Waals surface area contributed by atoms with E-state index in [2.05, 4.69) is 25.8 Å². The number of likely N-dealkylation sites (tertiary alicyclic amines) is 1. The fraction of sp³-hybridized carbons (Fsp3) is 0.263. The van der Waals surface area contributed by atoms with Gasteiger partial charge in [-0.1, -0.05) is 11.3 Å². The van der Waals surface area contributed by atoms with E-state index in [-0.39, 0.29) is 17.4 Å². The zero-order valence-corrected chi connectivity index (χ0v) is 18.3. The third-order valence-electron chi connectivity index (χ3n) is 5.43. The lowest BCUT2D eigenvalue weighted by molar-refractivity contribution is -0.134. The first-order chi connectivity index (χ1) is 15.4. The van der Waals surface area contributed by atoms with E-state index in [0.717, 1.165) is 5.82 Å². The van der Waals surface area contributed by atoms with Crippen LogP contribution in [0.3, 0.4) is 0 Å². The van der Waals surface area contributed by atoms with E-state index in [1.165, 1.54) is 28.9 Å². The zero-order chi connectivity index (χ0) is 22.4. The van der Waals surface area contributed by atoms with Gasteiger partial charge in [-0.2, -0.15) is 0 Å². The Morgan fingerprint density at radius 1 is 1.31 bits per heavy atom. The van der Waals surface area contributed by atoms with E-state index in [9.17, 15) is 19.5 Å². The van der Waals surface area contributed by atoms with Crippen molar-refractivity contribution in [1.82, 2.24) is 25.4 Å². The molecular weight excluding hydrogens is 454 g/mol. The number of carboxylic acids is 1. The topological polar surface area (TPSA) is 141 Å². The molecule has 2 aromatic heterocycles. The number of carbonyl (C=O) groups is 3. The number of amides is 1. The van der Waals surface area contributed by atoms with Crippen LogP contribution in [0.4, 0.5) is 10.3 Å². The highest BCUT2D eigenvalue weighted by molar-refractivity contribution is 7.13. The van der Waals surface area contributed by atoms with Gasteiger partial charge < -0.3 is 20.6 Å². The first kappa shape index (κ1) is 20.3. The van der Waals surface area contributed by atoms with Crippen molar-refractivity contribution in [1.29, 1.82) is 0 Å². The Morgan fingerprint density at radius 2 is 2.12 bits per heavy atom. The first-order valence-corrected chi connectivity index (χ1v) is 11.4. The lowest BCUT2D eigenvalue weighted by Gasteiger charge is -2.46. The van der Waals surface area contributed by atoms with Crippen LogP contribution in [0.15, 0.2) is 51.9 Å². The summed E-state index contributed by atoms with van der Waals surface area (Å²) in [5.41, 5.74) is 2.29. The number of nitrogens with zero attached hydrogens (tertiary/aromatic N) is 5. The minimum absolute atomic E-state index is 0.117. The number of fused-ring (bicyclic) bond motifs is 1. The molecule has 0 aromatic carbocycles. The third-order valence-corrected chi connectivity index (χ3v) is 6.82. The highest BCUT2D eigenvalue weighted by Gasteiger charge is 2.42. The van der Waals surface area contributed by atoms with E-state index in [1.54, 1.807) is 28.9 Å². The molecule has 3 aliphatic rings. The van der Waals surface area contributed by atoms with Crippen LogP contribution in [0.5, 0.6) is 0 Å². The van der Waals surface area contributed by atoms with Gasteiger partial charge in [-0.25, -0.2) is 9.78 Å². The highest BCUT2D eigenvalue weighted by Crippen LogP contribution is 2.35. The second-order valence-corrected chi connectivity index (χ2v) is 9.11.